The molecule has 1 aromatic carbocycles. The van der Waals surface area contributed by atoms with E-state index in [1.54, 1.807) is 13.0 Å². The lowest BCUT2D eigenvalue weighted by Crippen LogP contribution is -2.35. The predicted molar refractivity (Wildman–Crippen MR) is 103 cm³/mol. The van der Waals surface area contributed by atoms with Crippen molar-refractivity contribution < 1.29 is 14.0 Å². The van der Waals surface area contributed by atoms with E-state index in [2.05, 4.69) is 25.7 Å². The summed E-state index contributed by atoms with van der Waals surface area (Å²) in [5.41, 5.74) is 1.41. The van der Waals surface area contributed by atoms with Crippen LogP contribution in [0.3, 0.4) is 0 Å². The van der Waals surface area contributed by atoms with Crippen LogP contribution in [0.15, 0.2) is 41.2 Å². The highest BCUT2D eigenvalue weighted by Crippen LogP contribution is 2.14. The summed E-state index contributed by atoms with van der Waals surface area (Å²) in [5.74, 6) is -1.86. The fourth-order valence-corrected chi connectivity index (χ4v) is 2.56. The van der Waals surface area contributed by atoms with Crippen molar-refractivity contribution in [1.82, 2.24) is 25.1 Å². The summed E-state index contributed by atoms with van der Waals surface area (Å²) in [5, 5.41) is 9.13. The van der Waals surface area contributed by atoms with Gasteiger partial charge in [0.2, 0.25) is 5.95 Å². The quantitative estimate of drug-likeness (QED) is 0.558. The minimum absolute atomic E-state index is 0.0677. The van der Waals surface area contributed by atoms with Gasteiger partial charge in [-0.2, -0.15) is 9.78 Å². The zero-order valence-corrected chi connectivity index (χ0v) is 15.8. The molecular weight excluding hydrogens is 379 g/mol. The second-order valence-corrected chi connectivity index (χ2v) is 6.26. The molecule has 2 amide bonds. The minimum Gasteiger partial charge on any atom is -0.344 e. The summed E-state index contributed by atoms with van der Waals surface area (Å²) >= 11 is 0. The number of hydrogen-bond acceptors (Lipinski definition) is 5. The summed E-state index contributed by atoms with van der Waals surface area (Å²) in [6.45, 7) is 3.62. The van der Waals surface area contributed by atoms with Crippen LogP contribution in [0.1, 0.15) is 23.9 Å². The van der Waals surface area contributed by atoms with Gasteiger partial charge in [-0.1, -0.05) is 19.1 Å². The summed E-state index contributed by atoms with van der Waals surface area (Å²) in [6.07, 6.45) is 0.546. The minimum atomic E-state index is -0.915. The van der Waals surface area contributed by atoms with Gasteiger partial charge < -0.3 is 10.6 Å². The van der Waals surface area contributed by atoms with Crippen LogP contribution in [0.5, 0.6) is 0 Å². The van der Waals surface area contributed by atoms with Crippen molar-refractivity contribution in [2.45, 2.75) is 26.8 Å². The van der Waals surface area contributed by atoms with E-state index < -0.39 is 11.8 Å². The van der Waals surface area contributed by atoms with E-state index in [0.717, 1.165) is 0 Å². The molecule has 0 radical (unpaired) electrons. The van der Waals surface area contributed by atoms with Gasteiger partial charge in [0.15, 0.2) is 0 Å². The smallest absolute Gasteiger partial charge is 0.314 e. The molecule has 2 aromatic heterocycles. The molecule has 0 bridgehead atoms. The number of aromatic amines is 1. The standard InChI is InChI=1S/C19H19FN6O3/c1-3-14-9-16(27)24-19(22-14)26-15(8-11(2)25-26)23-18(29)17(28)21-10-12-4-6-13(20)7-5-12/h4-9H,3,10H2,1-2H3,(H,21,28)(H,23,29)(H,22,24,27). The van der Waals surface area contributed by atoms with E-state index in [1.807, 2.05) is 6.92 Å². The van der Waals surface area contributed by atoms with Gasteiger partial charge in [-0.15, -0.1) is 0 Å². The average Bonchev–Trinajstić information content (AvgIpc) is 3.06. The van der Waals surface area contributed by atoms with Crippen LogP contribution in [0.2, 0.25) is 0 Å². The Morgan fingerprint density at radius 3 is 2.59 bits per heavy atom. The lowest BCUT2D eigenvalue weighted by atomic mass is 10.2. The largest absolute Gasteiger partial charge is 0.344 e. The fraction of sp³-hybridized carbons (Fsp3) is 0.211. The third-order valence-electron chi connectivity index (χ3n) is 3.99. The van der Waals surface area contributed by atoms with Crippen molar-refractivity contribution in [1.29, 1.82) is 0 Å². The zero-order valence-electron chi connectivity index (χ0n) is 15.8. The number of nitrogens with one attached hydrogen (secondary N) is 3. The Kier molecular flexibility index (Phi) is 5.82. The highest BCUT2D eigenvalue weighted by atomic mass is 19.1. The normalized spacial score (nSPS) is 10.6. The number of rotatable bonds is 5. The van der Waals surface area contributed by atoms with Crippen molar-refractivity contribution in [2.24, 2.45) is 0 Å². The monoisotopic (exact) mass is 398 g/mol. The Balaban J connectivity index is 1.74. The lowest BCUT2D eigenvalue weighted by Gasteiger charge is -2.09. The fourth-order valence-electron chi connectivity index (χ4n) is 2.56. The zero-order chi connectivity index (χ0) is 21.0. The summed E-state index contributed by atoms with van der Waals surface area (Å²) in [4.78, 5) is 43.0. The summed E-state index contributed by atoms with van der Waals surface area (Å²) in [6, 6.07) is 8.47. The topological polar surface area (TPSA) is 122 Å². The van der Waals surface area contributed by atoms with Crippen molar-refractivity contribution in [3.63, 3.8) is 0 Å². The lowest BCUT2D eigenvalue weighted by molar-refractivity contribution is -0.136. The first-order chi connectivity index (χ1) is 13.9. The molecule has 3 N–H and O–H groups in total. The number of aromatic nitrogens is 4. The average molecular weight is 398 g/mol. The third-order valence-corrected chi connectivity index (χ3v) is 3.99. The third kappa shape index (κ3) is 4.92. The van der Waals surface area contributed by atoms with Crippen LogP contribution >= 0.6 is 0 Å². The molecule has 0 fully saturated rings. The van der Waals surface area contributed by atoms with Crippen molar-refractivity contribution in [3.8, 4) is 5.95 Å². The van der Waals surface area contributed by atoms with Crippen LogP contribution in [-0.4, -0.2) is 31.6 Å². The highest BCUT2D eigenvalue weighted by molar-refractivity contribution is 6.39. The van der Waals surface area contributed by atoms with Crippen LogP contribution in [0, 0.1) is 12.7 Å². The molecule has 3 rings (SSSR count). The molecule has 150 valence electrons. The Morgan fingerprint density at radius 2 is 1.90 bits per heavy atom. The maximum Gasteiger partial charge on any atom is 0.314 e. The summed E-state index contributed by atoms with van der Waals surface area (Å²) in [7, 11) is 0. The molecule has 10 heteroatoms. The van der Waals surface area contributed by atoms with Gasteiger partial charge in [-0.3, -0.25) is 19.4 Å². The van der Waals surface area contributed by atoms with E-state index >= 15 is 0 Å². The second-order valence-electron chi connectivity index (χ2n) is 6.26. The van der Waals surface area contributed by atoms with Crippen LogP contribution in [0.25, 0.3) is 5.95 Å². The van der Waals surface area contributed by atoms with Gasteiger partial charge in [-0.05, 0) is 31.0 Å². The molecule has 9 nitrogen and oxygen atoms in total. The first-order valence-electron chi connectivity index (χ1n) is 8.86. The Morgan fingerprint density at radius 1 is 1.17 bits per heavy atom. The number of H-pyrrole nitrogens is 1. The second kappa shape index (κ2) is 8.46. The molecule has 29 heavy (non-hydrogen) atoms. The number of amides is 2. The van der Waals surface area contributed by atoms with E-state index in [0.29, 0.717) is 23.4 Å². The maximum atomic E-state index is 12.9. The number of aryl methyl sites for hydroxylation is 2. The van der Waals surface area contributed by atoms with Gasteiger partial charge in [-0.25, -0.2) is 9.37 Å². The first-order valence-corrected chi connectivity index (χ1v) is 8.86. The van der Waals surface area contributed by atoms with Crippen molar-refractivity contribution in [2.75, 3.05) is 5.32 Å². The van der Waals surface area contributed by atoms with Gasteiger partial charge in [0.1, 0.15) is 11.6 Å². The molecule has 2 heterocycles. The highest BCUT2D eigenvalue weighted by Gasteiger charge is 2.18. The van der Waals surface area contributed by atoms with E-state index in [-0.39, 0.29) is 29.7 Å². The Bertz CT molecular complexity index is 1100. The number of carbonyl (C=O) groups is 2. The number of hydrogen-bond donors (Lipinski definition) is 3. The van der Waals surface area contributed by atoms with E-state index in [1.165, 1.54) is 35.0 Å². The molecule has 0 saturated heterocycles. The number of halogens is 1. The van der Waals surface area contributed by atoms with E-state index in [4.69, 9.17) is 0 Å². The first kappa shape index (κ1) is 19.9. The molecule has 0 aliphatic rings. The molecule has 0 saturated carbocycles. The molecule has 0 aliphatic heterocycles. The SMILES string of the molecule is CCc1cc(=O)[nH]c(-n2nc(C)cc2NC(=O)C(=O)NCc2ccc(F)cc2)n1. The van der Waals surface area contributed by atoms with Crippen molar-refractivity contribution >= 4 is 17.6 Å². The molecule has 0 unspecified atom stereocenters. The summed E-state index contributed by atoms with van der Waals surface area (Å²) < 4.78 is 14.2. The van der Waals surface area contributed by atoms with Gasteiger partial charge in [0, 0.05) is 24.4 Å². The molecule has 0 atom stereocenters. The molecule has 0 spiro atoms. The predicted octanol–water partition coefficient (Wildman–Crippen LogP) is 1.22. The van der Waals surface area contributed by atoms with E-state index in [9.17, 15) is 18.8 Å². The molecule has 0 aliphatic carbocycles. The van der Waals surface area contributed by atoms with Crippen LogP contribution < -0.4 is 16.2 Å². The van der Waals surface area contributed by atoms with Crippen LogP contribution in [-0.2, 0) is 22.6 Å². The Labute approximate surface area is 165 Å². The Hall–Kier alpha value is -3.82. The number of benzene rings is 1. The van der Waals surface area contributed by atoms with Gasteiger partial charge in [0.05, 0.1) is 5.69 Å². The van der Waals surface area contributed by atoms with Gasteiger partial charge in [0.25, 0.3) is 5.56 Å². The maximum absolute atomic E-state index is 12.9. The number of nitrogens with zero attached hydrogens (tertiary/aromatic N) is 3. The molecular formula is C19H19FN6O3. The van der Waals surface area contributed by atoms with Crippen LogP contribution in [0.4, 0.5) is 10.2 Å². The molecule has 3 aromatic rings. The number of carbonyl (C=O) groups excluding carboxylic acids is 2. The van der Waals surface area contributed by atoms with Gasteiger partial charge >= 0.3 is 11.8 Å². The number of anilines is 1. The van der Waals surface area contributed by atoms with Crippen molar-refractivity contribution in [3.05, 3.63) is 69.5 Å².